The zero-order valence-electron chi connectivity index (χ0n) is 21.7. The molecule has 0 radical (unpaired) electrons. The van der Waals surface area contributed by atoms with Crippen molar-refractivity contribution in [3.8, 4) is 17.2 Å². The number of fused-ring (bicyclic) bond motifs is 1. The van der Waals surface area contributed by atoms with Crippen LogP contribution in [0.1, 0.15) is 28.4 Å². The van der Waals surface area contributed by atoms with E-state index in [0.29, 0.717) is 37.7 Å². The number of thioether (sulfide) groups is 1. The molecule has 0 N–H and O–H groups in total. The molecule has 202 valence electrons. The van der Waals surface area contributed by atoms with Crippen LogP contribution in [0.4, 0.5) is 4.79 Å². The zero-order valence-corrected chi connectivity index (χ0v) is 24.7. The summed E-state index contributed by atoms with van der Waals surface area (Å²) in [5.41, 5.74) is 1.88. The number of carbonyl (C=O) groups excluding carboxylic acids is 3. The molecular weight excluding hydrogens is 641 g/mol. The molecule has 0 saturated carbocycles. The maximum absolute atomic E-state index is 13.2. The minimum atomic E-state index is -0.538. The molecule has 2 amide bonds. The van der Waals surface area contributed by atoms with E-state index in [1.165, 1.54) is 4.90 Å². The molecule has 5 rings (SSSR count). The van der Waals surface area contributed by atoms with Gasteiger partial charge in [0.1, 0.15) is 5.75 Å². The van der Waals surface area contributed by atoms with Gasteiger partial charge < -0.3 is 14.2 Å². The smallest absolute Gasteiger partial charge is 0.343 e. The number of halogens is 1. The third kappa shape index (κ3) is 6.00. The second kappa shape index (κ2) is 12.1. The lowest BCUT2D eigenvalue weighted by Crippen LogP contribution is -2.27. The van der Waals surface area contributed by atoms with Crippen LogP contribution >= 0.6 is 34.4 Å². The normalized spacial score (nSPS) is 14.2. The number of hydrogen-bond acceptors (Lipinski definition) is 7. The Hall–Kier alpha value is -3.83. The van der Waals surface area contributed by atoms with Gasteiger partial charge in [-0.1, -0.05) is 36.4 Å². The van der Waals surface area contributed by atoms with Crippen LogP contribution < -0.4 is 14.2 Å². The molecule has 0 bridgehead atoms. The largest absolute Gasteiger partial charge is 0.497 e. The third-order valence-electron chi connectivity index (χ3n) is 6.18. The highest BCUT2D eigenvalue weighted by Gasteiger charge is 2.35. The highest BCUT2D eigenvalue weighted by atomic mass is 127. The maximum atomic E-state index is 13.2. The van der Waals surface area contributed by atoms with Crippen LogP contribution in [0.25, 0.3) is 16.8 Å². The number of amides is 2. The van der Waals surface area contributed by atoms with Crippen molar-refractivity contribution in [1.29, 1.82) is 0 Å². The van der Waals surface area contributed by atoms with Gasteiger partial charge in [0, 0.05) is 0 Å². The predicted octanol–water partition coefficient (Wildman–Crippen LogP) is 7.31. The molecule has 7 nitrogen and oxygen atoms in total. The molecule has 0 spiro atoms. The summed E-state index contributed by atoms with van der Waals surface area (Å²) in [7, 11) is 1.55. The van der Waals surface area contributed by atoms with Gasteiger partial charge in [0.25, 0.3) is 11.1 Å². The van der Waals surface area contributed by atoms with Gasteiger partial charge in [-0.25, -0.2) is 4.79 Å². The number of carbonyl (C=O) groups is 3. The number of esters is 1. The average Bonchev–Trinajstić information content (AvgIpc) is 3.22. The fourth-order valence-corrected chi connectivity index (χ4v) is 5.79. The van der Waals surface area contributed by atoms with Crippen molar-refractivity contribution >= 4 is 68.3 Å². The summed E-state index contributed by atoms with van der Waals surface area (Å²) in [5, 5.41) is 1.82. The van der Waals surface area contributed by atoms with Crippen molar-refractivity contribution in [2.24, 2.45) is 0 Å². The number of benzene rings is 4. The van der Waals surface area contributed by atoms with E-state index in [-0.39, 0.29) is 23.4 Å². The lowest BCUT2D eigenvalue weighted by Gasteiger charge is -2.14. The van der Waals surface area contributed by atoms with Crippen molar-refractivity contribution in [2.75, 3.05) is 13.7 Å². The first-order chi connectivity index (χ1) is 19.4. The molecular formula is C31H24INO6S. The van der Waals surface area contributed by atoms with Crippen molar-refractivity contribution in [2.45, 2.75) is 13.5 Å². The Morgan fingerprint density at radius 1 is 0.975 bits per heavy atom. The van der Waals surface area contributed by atoms with Crippen molar-refractivity contribution < 1.29 is 28.6 Å². The predicted molar refractivity (Wildman–Crippen MR) is 164 cm³/mol. The SMILES string of the molecule is CCOc1cc(/C=C2\SC(=O)N(Cc3ccc4ccccc4c3)C2=O)cc(I)c1OC(=O)c1ccc(OC)cc1. The average molecular weight is 666 g/mol. The van der Waals surface area contributed by atoms with Crippen LogP contribution in [-0.2, 0) is 11.3 Å². The van der Waals surface area contributed by atoms with Gasteiger partial charge in [0.05, 0.1) is 34.3 Å². The summed E-state index contributed by atoms with van der Waals surface area (Å²) in [5.74, 6) is 0.380. The molecule has 4 aromatic carbocycles. The number of ether oxygens (including phenoxy) is 3. The van der Waals surface area contributed by atoms with Gasteiger partial charge in [0.15, 0.2) is 11.5 Å². The summed E-state index contributed by atoms with van der Waals surface area (Å²) < 4.78 is 17.2. The van der Waals surface area contributed by atoms with Crippen molar-refractivity contribution in [1.82, 2.24) is 4.90 Å². The molecule has 9 heteroatoms. The van der Waals surface area contributed by atoms with Crippen molar-refractivity contribution in [3.63, 3.8) is 0 Å². The Morgan fingerprint density at radius 3 is 2.45 bits per heavy atom. The lowest BCUT2D eigenvalue weighted by atomic mass is 10.1. The Balaban J connectivity index is 1.37. The highest BCUT2D eigenvalue weighted by Crippen LogP contribution is 2.38. The van der Waals surface area contributed by atoms with Gasteiger partial charge in [-0.3, -0.25) is 14.5 Å². The topological polar surface area (TPSA) is 82.1 Å². The second-order valence-corrected chi connectivity index (χ2v) is 11.0. The first kappa shape index (κ1) is 27.7. The van der Waals surface area contributed by atoms with E-state index in [4.69, 9.17) is 14.2 Å². The van der Waals surface area contributed by atoms with Crippen LogP contribution in [-0.4, -0.2) is 35.7 Å². The number of imide groups is 1. The summed E-state index contributed by atoms with van der Waals surface area (Å²) in [6.07, 6.45) is 1.66. The lowest BCUT2D eigenvalue weighted by molar-refractivity contribution is -0.123. The fraction of sp³-hybridized carbons (Fsp3) is 0.129. The fourth-order valence-electron chi connectivity index (χ4n) is 4.22. The highest BCUT2D eigenvalue weighted by molar-refractivity contribution is 14.1. The Morgan fingerprint density at radius 2 is 1.73 bits per heavy atom. The zero-order chi connectivity index (χ0) is 28.2. The van der Waals surface area contributed by atoms with Crippen LogP contribution in [0.15, 0.2) is 83.8 Å². The Kier molecular flexibility index (Phi) is 8.41. The number of methoxy groups -OCH3 is 1. The van der Waals surface area contributed by atoms with E-state index in [9.17, 15) is 14.4 Å². The van der Waals surface area contributed by atoms with Crippen molar-refractivity contribution in [3.05, 3.63) is 104 Å². The monoisotopic (exact) mass is 665 g/mol. The molecule has 0 unspecified atom stereocenters. The first-order valence-electron chi connectivity index (χ1n) is 12.4. The summed E-state index contributed by atoms with van der Waals surface area (Å²) in [6.45, 7) is 2.36. The van der Waals surface area contributed by atoms with E-state index >= 15 is 0 Å². The first-order valence-corrected chi connectivity index (χ1v) is 14.3. The van der Waals surface area contributed by atoms with Gasteiger partial charge >= 0.3 is 5.97 Å². The summed E-state index contributed by atoms with van der Waals surface area (Å²) in [4.78, 5) is 40.3. The summed E-state index contributed by atoms with van der Waals surface area (Å²) >= 11 is 2.96. The molecule has 1 fully saturated rings. The molecule has 1 saturated heterocycles. The van der Waals surface area contributed by atoms with E-state index in [0.717, 1.165) is 28.1 Å². The standard InChI is InChI=1S/C31H24INO6S/c1-3-38-26-16-20(15-25(32)28(26)39-30(35)22-10-12-24(37-2)13-11-22)17-27-29(34)33(31(36)40-27)18-19-8-9-21-6-4-5-7-23(21)14-19/h4-17H,3,18H2,1-2H3/b27-17-. The van der Waals surface area contributed by atoms with E-state index < -0.39 is 5.97 Å². The molecule has 1 aliphatic heterocycles. The van der Waals surface area contributed by atoms with Crippen LogP contribution in [0, 0.1) is 3.57 Å². The van der Waals surface area contributed by atoms with Gasteiger partial charge in [0.2, 0.25) is 0 Å². The van der Waals surface area contributed by atoms with Gasteiger partial charge in [-0.05, 0) is 112 Å². The number of rotatable bonds is 8. The Labute approximate surface area is 249 Å². The molecule has 0 aromatic heterocycles. The maximum Gasteiger partial charge on any atom is 0.343 e. The molecule has 4 aromatic rings. The summed E-state index contributed by atoms with van der Waals surface area (Å²) in [6, 6.07) is 23.9. The molecule has 40 heavy (non-hydrogen) atoms. The van der Waals surface area contributed by atoms with Gasteiger partial charge in [-0.2, -0.15) is 0 Å². The van der Waals surface area contributed by atoms with Gasteiger partial charge in [-0.15, -0.1) is 0 Å². The molecule has 1 aliphatic rings. The van der Waals surface area contributed by atoms with E-state index in [1.54, 1.807) is 49.6 Å². The molecule has 0 atom stereocenters. The van der Waals surface area contributed by atoms with E-state index in [1.807, 2.05) is 49.4 Å². The Bertz CT molecular complexity index is 1650. The quantitative estimate of drug-likeness (QED) is 0.0846. The minimum Gasteiger partial charge on any atom is -0.497 e. The number of hydrogen-bond donors (Lipinski definition) is 0. The number of nitrogens with zero attached hydrogens (tertiary/aromatic N) is 1. The molecule has 1 heterocycles. The van der Waals surface area contributed by atoms with E-state index in [2.05, 4.69) is 22.6 Å². The third-order valence-corrected chi connectivity index (χ3v) is 7.89. The van der Waals surface area contributed by atoms with Crippen LogP contribution in [0.3, 0.4) is 0 Å². The van der Waals surface area contributed by atoms with Crippen LogP contribution in [0.2, 0.25) is 0 Å². The minimum absolute atomic E-state index is 0.189. The second-order valence-electron chi connectivity index (χ2n) is 8.83. The molecule has 0 aliphatic carbocycles. The van der Waals surface area contributed by atoms with Crippen LogP contribution in [0.5, 0.6) is 17.2 Å².